The number of aromatic nitrogens is 3. The molecule has 1 amide bonds. The van der Waals surface area contributed by atoms with E-state index in [0.717, 1.165) is 4.31 Å². The Morgan fingerprint density at radius 1 is 1.09 bits per heavy atom. The number of amides is 1. The van der Waals surface area contributed by atoms with Crippen molar-refractivity contribution in [2.75, 3.05) is 35.9 Å². The fraction of sp³-hybridized carbons (Fsp3) is 0.312. The van der Waals surface area contributed by atoms with Gasteiger partial charge in [0.05, 0.1) is 27.8 Å². The number of halogens is 2. The van der Waals surface area contributed by atoms with Crippen molar-refractivity contribution in [3.8, 4) is 16.8 Å². The number of rotatable bonds is 7. The fourth-order valence-electron chi connectivity index (χ4n) is 5.95. The van der Waals surface area contributed by atoms with Crippen LogP contribution in [0.2, 0.25) is 0 Å². The van der Waals surface area contributed by atoms with Crippen LogP contribution >= 0.6 is 0 Å². The summed E-state index contributed by atoms with van der Waals surface area (Å²) in [7, 11) is -2.30. The van der Waals surface area contributed by atoms with Crippen LogP contribution in [0.25, 0.3) is 27.7 Å². The first kappa shape index (κ1) is 30.4. The van der Waals surface area contributed by atoms with E-state index < -0.39 is 32.6 Å². The molecular weight excluding hydrogens is 602 g/mol. The van der Waals surface area contributed by atoms with Crippen molar-refractivity contribution in [1.82, 2.24) is 19.4 Å². The third-order valence-corrected chi connectivity index (χ3v) is 10.8. The lowest BCUT2D eigenvalue weighted by molar-refractivity contribution is -0.126. The monoisotopic (exact) mass is 634 g/mol. The number of carbonyl (C=O) groups excluding carboxylic acids is 1. The molecule has 0 unspecified atom stereocenters. The lowest BCUT2D eigenvalue weighted by Crippen LogP contribution is -2.54. The Labute approximate surface area is 259 Å². The third kappa shape index (κ3) is 5.24. The second-order valence-corrected chi connectivity index (χ2v) is 13.6. The van der Waals surface area contributed by atoms with Gasteiger partial charge in [-0.2, -0.15) is 4.98 Å². The Morgan fingerprint density at radius 3 is 2.49 bits per heavy atom. The van der Waals surface area contributed by atoms with E-state index in [9.17, 15) is 22.4 Å². The van der Waals surface area contributed by atoms with Crippen molar-refractivity contribution in [2.45, 2.75) is 38.0 Å². The van der Waals surface area contributed by atoms with E-state index in [1.807, 2.05) is 11.8 Å². The molecule has 3 heterocycles. The van der Waals surface area contributed by atoms with Crippen LogP contribution in [-0.4, -0.2) is 71.7 Å². The molecule has 6 rings (SSSR count). The molecule has 1 aliphatic heterocycles. The molecule has 1 saturated carbocycles. The van der Waals surface area contributed by atoms with E-state index in [0.29, 0.717) is 38.2 Å². The first-order valence-electron chi connectivity index (χ1n) is 14.6. The highest BCUT2D eigenvalue weighted by Crippen LogP contribution is 2.38. The molecule has 1 atom stereocenters. The van der Waals surface area contributed by atoms with Gasteiger partial charge in [0.15, 0.2) is 0 Å². The van der Waals surface area contributed by atoms with E-state index in [1.165, 1.54) is 60.3 Å². The molecule has 45 heavy (non-hydrogen) atoms. The van der Waals surface area contributed by atoms with Crippen molar-refractivity contribution in [1.29, 1.82) is 0 Å². The molecule has 1 aliphatic carbocycles. The SMILES string of the molecule is C=CC(=O)N1CCN(c2nc(=O)n(-c3c(N(C)S(=O)(=O)C4CC4)ccnc3C)c3cc(-c4ccccc4F)c(F)cc23)[C@@H](C)C1. The highest BCUT2D eigenvalue weighted by atomic mass is 32.2. The number of nitrogens with zero attached hydrogens (tertiary/aromatic N) is 6. The number of hydrogen-bond acceptors (Lipinski definition) is 7. The van der Waals surface area contributed by atoms with Crippen LogP contribution in [0.4, 0.5) is 20.3 Å². The number of anilines is 2. The van der Waals surface area contributed by atoms with Gasteiger partial charge in [-0.15, -0.1) is 0 Å². The van der Waals surface area contributed by atoms with Crippen molar-refractivity contribution in [3.05, 3.63) is 89.1 Å². The molecule has 2 fully saturated rings. The molecule has 0 N–H and O–H groups in total. The number of aryl methyl sites for hydroxylation is 1. The molecule has 0 radical (unpaired) electrons. The maximum Gasteiger partial charge on any atom is 0.354 e. The van der Waals surface area contributed by atoms with Gasteiger partial charge in [-0.1, -0.05) is 24.8 Å². The van der Waals surface area contributed by atoms with E-state index in [2.05, 4.69) is 16.5 Å². The Bertz CT molecular complexity index is 2030. The normalized spacial score (nSPS) is 17.0. The van der Waals surface area contributed by atoms with E-state index in [1.54, 1.807) is 17.9 Å². The van der Waals surface area contributed by atoms with Crippen LogP contribution < -0.4 is 14.9 Å². The maximum atomic E-state index is 16.0. The van der Waals surface area contributed by atoms with Crippen LogP contribution in [0, 0.1) is 18.6 Å². The first-order valence-corrected chi connectivity index (χ1v) is 16.1. The fourth-order valence-corrected chi connectivity index (χ4v) is 7.56. The standard InChI is InChI=1S/C32H32F2N6O4S/c1-5-29(41)38-14-15-39(19(2)18-38)31-24-16-26(34)23(22-8-6-7-9-25(22)33)17-28(24)40(32(42)36-31)30-20(3)35-13-12-27(30)37(4)45(43,44)21-10-11-21/h5-9,12-13,16-17,19,21H,1,10-11,14-15,18H2,2-4H3/t19-/m0/s1. The summed E-state index contributed by atoms with van der Waals surface area (Å²) in [4.78, 5) is 38.7. The predicted octanol–water partition coefficient (Wildman–Crippen LogP) is 4.19. The Hall–Kier alpha value is -4.65. The molecule has 13 heteroatoms. The number of hydrogen-bond donors (Lipinski definition) is 0. The zero-order valence-corrected chi connectivity index (χ0v) is 25.9. The second kappa shape index (κ2) is 11.4. The molecule has 4 aromatic rings. The summed E-state index contributed by atoms with van der Waals surface area (Å²) < 4.78 is 60.0. The van der Waals surface area contributed by atoms with Gasteiger partial charge >= 0.3 is 5.69 Å². The number of sulfonamides is 1. The molecule has 10 nitrogen and oxygen atoms in total. The van der Waals surface area contributed by atoms with E-state index >= 15 is 4.39 Å². The minimum absolute atomic E-state index is 0.00394. The third-order valence-electron chi connectivity index (χ3n) is 8.49. The van der Waals surface area contributed by atoms with Gasteiger partial charge in [0.25, 0.3) is 0 Å². The van der Waals surface area contributed by atoms with Crippen LogP contribution in [0.15, 0.2) is 66.1 Å². The van der Waals surface area contributed by atoms with Crippen LogP contribution in [0.3, 0.4) is 0 Å². The quantitative estimate of drug-likeness (QED) is 0.281. The summed E-state index contributed by atoms with van der Waals surface area (Å²) in [5, 5.41) is -0.267. The topological polar surface area (TPSA) is 109 Å². The summed E-state index contributed by atoms with van der Waals surface area (Å²) >= 11 is 0. The molecular formula is C32H32F2N6O4S. The summed E-state index contributed by atoms with van der Waals surface area (Å²) in [6, 6.07) is 9.56. The summed E-state index contributed by atoms with van der Waals surface area (Å²) in [5.41, 5.74) is 0.0574. The average molecular weight is 635 g/mol. The summed E-state index contributed by atoms with van der Waals surface area (Å²) in [6.45, 7) is 8.02. The highest BCUT2D eigenvalue weighted by Gasteiger charge is 2.40. The van der Waals surface area contributed by atoms with E-state index in [4.69, 9.17) is 0 Å². The maximum absolute atomic E-state index is 16.0. The number of carbonyl (C=O) groups is 1. The minimum Gasteiger partial charge on any atom is -0.350 e. The molecule has 0 bridgehead atoms. The van der Waals surface area contributed by atoms with Crippen LogP contribution in [0.1, 0.15) is 25.5 Å². The average Bonchev–Trinajstić information content (AvgIpc) is 3.87. The molecule has 0 spiro atoms. The number of benzene rings is 2. The minimum atomic E-state index is -3.73. The highest BCUT2D eigenvalue weighted by molar-refractivity contribution is 7.93. The molecule has 2 aromatic heterocycles. The van der Waals surface area contributed by atoms with Gasteiger partial charge in [0, 0.05) is 55.4 Å². The van der Waals surface area contributed by atoms with Gasteiger partial charge in [0.2, 0.25) is 15.9 Å². The van der Waals surface area contributed by atoms with Crippen molar-refractivity contribution >= 4 is 38.3 Å². The summed E-state index contributed by atoms with van der Waals surface area (Å²) in [6.07, 6.45) is 3.78. The Kier molecular flexibility index (Phi) is 7.67. The Morgan fingerprint density at radius 2 is 1.82 bits per heavy atom. The number of pyridine rings is 1. The lowest BCUT2D eigenvalue weighted by Gasteiger charge is -2.40. The van der Waals surface area contributed by atoms with Gasteiger partial charge in [-0.05, 0) is 57.0 Å². The van der Waals surface area contributed by atoms with Crippen LogP contribution in [-0.2, 0) is 14.8 Å². The van der Waals surface area contributed by atoms with Crippen LogP contribution in [0.5, 0.6) is 0 Å². The zero-order chi connectivity index (χ0) is 32.2. The Balaban J connectivity index is 1.63. The number of piperazine rings is 1. The molecule has 1 saturated heterocycles. The molecule has 2 aromatic carbocycles. The van der Waals surface area contributed by atoms with Gasteiger partial charge in [-0.25, -0.2) is 22.0 Å². The van der Waals surface area contributed by atoms with E-state index in [-0.39, 0.29) is 51.2 Å². The van der Waals surface area contributed by atoms with Gasteiger partial charge < -0.3 is 9.80 Å². The van der Waals surface area contributed by atoms with Crippen molar-refractivity contribution < 1.29 is 22.0 Å². The largest absolute Gasteiger partial charge is 0.354 e. The summed E-state index contributed by atoms with van der Waals surface area (Å²) in [5.74, 6) is -1.40. The van der Waals surface area contributed by atoms with Crippen molar-refractivity contribution in [2.24, 2.45) is 0 Å². The zero-order valence-electron chi connectivity index (χ0n) is 25.1. The van der Waals surface area contributed by atoms with Gasteiger partial charge in [-0.3, -0.25) is 18.7 Å². The second-order valence-electron chi connectivity index (χ2n) is 11.4. The lowest BCUT2D eigenvalue weighted by atomic mass is 10.0. The first-order chi connectivity index (χ1) is 21.4. The van der Waals surface area contributed by atoms with Gasteiger partial charge in [0.1, 0.15) is 17.5 Å². The predicted molar refractivity (Wildman–Crippen MR) is 169 cm³/mol. The molecule has 234 valence electrons. The van der Waals surface area contributed by atoms with Crippen molar-refractivity contribution in [3.63, 3.8) is 0 Å². The number of fused-ring (bicyclic) bond motifs is 1. The smallest absolute Gasteiger partial charge is 0.350 e. The molecule has 2 aliphatic rings.